The molecule has 0 saturated heterocycles. The number of aryl methyl sites for hydroxylation is 3. The van der Waals surface area contributed by atoms with Crippen LogP contribution in [0.1, 0.15) is 22.3 Å². The Balaban J connectivity index is 2.47. The predicted octanol–water partition coefficient (Wildman–Crippen LogP) is 4.71. The Hall–Kier alpha value is -2.09. The van der Waals surface area contributed by atoms with E-state index in [1.807, 2.05) is 0 Å². The molecule has 0 N–H and O–H groups in total. The van der Waals surface area contributed by atoms with E-state index in [2.05, 4.69) is 0 Å². The van der Waals surface area contributed by atoms with Crippen LogP contribution in [0.25, 0.3) is 0 Å². The maximum atomic E-state index is 14.5. The molecule has 0 bridgehead atoms. The molecule has 0 atom stereocenters. The van der Waals surface area contributed by atoms with E-state index in [-0.39, 0.29) is 4.90 Å². The summed E-state index contributed by atoms with van der Waals surface area (Å²) in [5.41, 5.74) is 0.0649. The second-order valence-electron chi connectivity index (χ2n) is 5.49. The van der Waals surface area contributed by atoms with Crippen LogP contribution in [-0.4, -0.2) is 8.42 Å². The van der Waals surface area contributed by atoms with Crippen LogP contribution in [-0.2, 0) is 16.2 Å². The highest BCUT2D eigenvalue weighted by atomic mass is 32.2. The number of benzene rings is 2. The van der Waals surface area contributed by atoms with E-state index in [0.717, 1.165) is 17.7 Å². The summed E-state index contributed by atoms with van der Waals surface area (Å²) in [7, 11) is -4.53. The first-order chi connectivity index (χ1) is 10.9. The lowest BCUT2D eigenvalue weighted by atomic mass is 10.1. The molecule has 2 aromatic rings. The maximum absolute atomic E-state index is 14.5. The normalized spacial score (nSPS) is 12.3. The molecule has 24 heavy (non-hydrogen) atoms. The summed E-state index contributed by atoms with van der Waals surface area (Å²) >= 11 is 0. The van der Waals surface area contributed by atoms with Crippen LogP contribution >= 0.6 is 0 Å². The molecule has 0 amide bonds. The van der Waals surface area contributed by atoms with E-state index in [1.165, 1.54) is 13.8 Å². The second-order valence-corrected chi connectivity index (χ2v) is 7.17. The van der Waals surface area contributed by atoms with Gasteiger partial charge in [-0.15, -0.1) is 0 Å². The van der Waals surface area contributed by atoms with Gasteiger partial charge in [0, 0.05) is 0 Å². The Bertz CT molecular complexity index is 836. The van der Waals surface area contributed by atoms with Crippen LogP contribution in [0.2, 0.25) is 0 Å². The lowest BCUT2D eigenvalue weighted by Gasteiger charge is -2.18. The molecule has 0 saturated carbocycles. The fourth-order valence-corrected chi connectivity index (χ4v) is 4.05. The molecule has 130 valence electrons. The van der Waals surface area contributed by atoms with Gasteiger partial charge in [0.05, 0.1) is 16.1 Å². The van der Waals surface area contributed by atoms with Gasteiger partial charge < -0.3 is 0 Å². The third-order valence-electron chi connectivity index (χ3n) is 3.47. The van der Waals surface area contributed by atoms with Gasteiger partial charge in [-0.25, -0.2) is 0 Å². The lowest BCUT2D eigenvalue weighted by Crippen LogP contribution is -2.24. The van der Waals surface area contributed by atoms with E-state index in [9.17, 15) is 26.1 Å². The molecule has 0 fully saturated rings. The molecule has 2 aromatic carbocycles. The molecule has 0 spiro atoms. The van der Waals surface area contributed by atoms with Crippen LogP contribution in [0.5, 0.6) is 0 Å². The number of halogens is 4. The van der Waals surface area contributed by atoms with Crippen LogP contribution in [0.4, 0.5) is 23.3 Å². The fraction of sp³-hybridized carbons (Fsp3) is 0.250. The zero-order valence-corrected chi connectivity index (χ0v) is 14.0. The Kier molecular flexibility index (Phi) is 4.63. The van der Waals surface area contributed by atoms with Crippen molar-refractivity contribution in [3.8, 4) is 0 Å². The molecule has 0 aliphatic carbocycles. The minimum absolute atomic E-state index is 0.199. The van der Waals surface area contributed by atoms with Crippen LogP contribution < -0.4 is 4.53 Å². The number of hydrogen-bond acceptors (Lipinski definition) is 2. The summed E-state index contributed by atoms with van der Waals surface area (Å²) in [6.45, 7) is 4.85. The zero-order chi connectivity index (χ0) is 18.3. The van der Waals surface area contributed by atoms with Gasteiger partial charge in [0.15, 0.2) is 0 Å². The average molecular weight is 361 g/mol. The first-order valence-electron chi connectivity index (χ1n) is 6.91. The molecular formula is C16H15F4NO2S. The number of anilines is 1. The molecule has 0 aliphatic rings. The zero-order valence-electron chi connectivity index (χ0n) is 13.1. The monoisotopic (exact) mass is 361 g/mol. The molecule has 0 heterocycles. The SMILES string of the molecule is Cc1cc(C)c(S(=O)(=O)N(F)c2ccc(C(F)(F)F)cc2)c(C)c1. The van der Waals surface area contributed by atoms with Crippen molar-refractivity contribution in [2.45, 2.75) is 31.8 Å². The van der Waals surface area contributed by atoms with Crippen molar-refractivity contribution in [2.75, 3.05) is 4.53 Å². The first-order valence-corrected chi connectivity index (χ1v) is 8.35. The Morgan fingerprint density at radius 1 is 0.917 bits per heavy atom. The van der Waals surface area contributed by atoms with Gasteiger partial charge in [-0.05, 0) is 56.2 Å². The molecule has 8 heteroatoms. The molecule has 3 nitrogen and oxygen atoms in total. The summed E-state index contributed by atoms with van der Waals surface area (Å²) in [6.07, 6.45) is -4.58. The third-order valence-corrected chi connectivity index (χ3v) is 5.26. The molecule has 0 unspecified atom stereocenters. The highest BCUT2D eigenvalue weighted by Crippen LogP contribution is 2.33. The van der Waals surface area contributed by atoms with E-state index < -0.39 is 32.0 Å². The van der Waals surface area contributed by atoms with Crippen molar-refractivity contribution in [3.05, 3.63) is 58.7 Å². The van der Waals surface area contributed by atoms with Crippen LogP contribution in [0, 0.1) is 20.8 Å². The smallest absolute Gasteiger partial charge is 0.199 e. The van der Waals surface area contributed by atoms with Crippen LogP contribution in [0.15, 0.2) is 41.3 Å². The summed E-state index contributed by atoms with van der Waals surface area (Å²) in [5.74, 6) is 0. The standard InChI is InChI=1S/C16H15F4NO2S/c1-10-8-11(2)15(12(3)9-10)24(22,23)21(20)14-6-4-13(5-7-14)16(17,18)19/h4-9H,1-3H3. The number of hydrogen-bond donors (Lipinski definition) is 0. The number of sulfonamides is 1. The number of alkyl halides is 3. The lowest BCUT2D eigenvalue weighted by molar-refractivity contribution is -0.137. The van der Waals surface area contributed by atoms with Crippen molar-refractivity contribution in [2.24, 2.45) is 0 Å². The maximum Gasteiger partial charge on any atom is 0.416 e. The molecule has 0 aromatic heterocycles. The van der Waals surface area contributed by atoms with Gasteiger partial charge >= 0.3 is 6.18 Å². The largest absolute Gasteiger partial charge is 0.416 e. The van der Waals surface area contributed by atoms with Crippen molar-refractivity contribution in [3.63, 3.8) is 0 Å². The first kappa shape index (κ1) is 18.3. The molecular weight excluding hydrogens is 346 g/mol. The van der Waals surface area contributed by atoms with Gasteiger partial charge in [-0.3, -0.25) is 0 Å². The number of rotatable bonds is 3. The predicted molar refractivity (Wildman–Crippen MR) is 82.9 cm³/mol. The van der Waals surface area contributed by atoms with E-state index in [0.29, 0.717) is 23.3 Å². The van der Waals surface area contributed by atoms with Gasteiger partial charge in [0.25, 0.3) is 10.0 Å². The highest BCUT2D eigenvalue weighted by Gasteiger charge is 2.32. The van der Waals surface area contributed by atoms with Gasteiger partial charge in [0.2, 0.25) is 0 Å². The summed E-state index contributed by atoms with van der Waals surface area (Å²) in [6, 6.07) is 6.01. The summed E-state index contributed by atoms with van der Waals surface area (Å²) in [5, 5.41) is 0. The Morgan fingerprint density at radius 3 is 1.79 bits per heavy atom. The summed E-state index contributed by atoms with van der Waals surface area (Å²) < 4.78 is 76.6. The Morgan fingerprint density at radius 2 is 1.38 bits per heavy atom. The highest BCUT2D eigenvalue weighted by molar-refractivity contribution is 7.92. The van der Waals surface area contributed by atoms with E-state index >= 15 is 0 Å². The van der Waals surface area contributed by atoms with E-state index in [1.54, 1.807) is 19.1 Å². The molecule has 0 aliphatic heterocycles. The van der Waals surface area contributed by atoms with Crippen molar-refractivity contribution >= 4 is 15.7 Å². The average Bonchev–Trinajstić information content (AvgIpc) is 2.44. The fourth-order valence-electron chi connectivity index (χ4n) is 2.56. The number of nitrogens with zero attached hydrogens (tertiary/aromatic N) is 1. The Labute approximate surface area is 137 Å². The molecule has 2 rings (SSSR count). The van der Waals surface area contributed by atoms with Crippen molar-refractivity contribution in [1.29, 1.82) is 0 Å². The van der Waals surface area contributed by atoms with Crippen molar-refractivity contribution < 1.29 is 26.1 Å². The van der Waals surface area contributed by atoms with Crippen molar-refractivity contribution in [1.82, 2.24) is 0 Å². The third kappa shape index (κ3) is 3.38. The minimum Gasteiger partial charge on any atom is -0.199 e. The molecule has 0 radical (unpaired) electrons. The van der Waals surface area contributed by atoms with Gasteiger partial charge in [0.1, 0.15) is 0 Å². The topological polar surface area (TPSA) is 37.4 Å². The van der Waals surface area contributed by atoms with Gasteiger partial charge in [-0.2, -0.15) is 21.6 Å². The summed E-state index contributed by atoms with van der Waals surface area (Å²) in [4.78, 5) is -0.199. The quantitative estimate of drug-likeness (QED) is 0.586. The van der Waals surface area contributed by atoms with E-state index in [4.69, 9.17) is 0 Å². The van der Waals surface area contributed by atoms with Gasteiger partial charge in [-0.1, -0.05) is 26.7 Å². The minimum atomic E-state index is -4.58. The second kappa shape index (κ2) is 6.08. The van der Waals surface area contributed by atoms with Crippen LogP contribution in [0.3, 0.4) is 0 Å².